The molecule has 2 N–H and O–H groups in total. The Bertz CT molecular complexity index is 982. The van der Waals surface area contributed by atoms with E-state index in [1.807, 2.05) is 0 Å². The lowest BCUT2D eigenvalue weighted by atomic mass is 9.81. The summed E-state index contributed by atoms with van der Waals surface area (Å²) < 4.78 is -0.926. The van der Waals surface area contributed by atoms with Crippen LogP contribution in [0, 0.1) is 10.1 Å². The third-order valence-corrected chi connectivity index (χ3v) is 7.01. The molecule has 10 nitrogen and oxygen atoms in total. The summed E-state index contributed by atoms with van der Waals surface area (Å²) in [5, 5.41) is 21.9. The molecule has 0 bridgehead atoms. The number of amides is 2. The Kier molecular flexibility index (Phi) is 4.86. The summed E-state index contributed by atoms with van der Waals surface area (Å²) in [6.07, 6.45) is 0. The number of hydrogen-bond acceptors (Lipinski definition) is 7. The zero-order valence-electron chi connectivity index (χ0n) is 15.5. The number of halogens is 1. The Labute approximate surface area is 173 Å². The van der Waals surface area contributed by atoms with Crippen LogP contribution < -0.4 is 5.32 Å². The van der Waals surface area contributed by atoms with Crippen LogP contribution in [0.5, 0.6) is 0 Å². The van der Waals surface area contributed by atoms with Gasteiger partial charge in [0.2, 0.25) is 5.54 Å². The van der Waals surface area contributed by atoms with Gasteiger partial charge in [-0.25, -0.2) is 4.79 Å². The van der Waals surface area contributed by atoms with Gasteiger partial charge in [-0.05, 0) is 26.8 Å². The lowest BCUT2D eigenvalue weighted by Crippen LogP contribution is -2.82. The lowest BCUT2D eigenvalue weighted by Gasteiger charge is -2.51. The summed E-state index contributed by atoms with van der Waals surface area (Å²) in [6, 6.07) is 2.45. The molecule has 2 heterocycles. The highest BCUT2D eigenvalue weighted by molar-refractivity contribution is 8.01. The number of carboxylic acids is 1. The van der Waals surface area contributed by atoms with Crippen molar-refractivity contribution in [1.82, 2.24) is 10.2 Å². The maximum Gasteiger partial charge on any atom is 0.327 e. The highest BCUT2D eigenvalue weighted by Gasteiger charge is 2.74. The molecule has 2 fully saturated rings. The third-order valence-electron chi connectivity index (χ3n) is 5.06. The average molecular weight is 442 g/mol. The minimum Gasteiger partial charge on any atom is -0.480 e. The van der Waals surface area contributed by atoms with Crippen molar-refractivity contribution in [2.24, 2.45) is 0 Å². The lowest BCUT2D eigenvalue weighted by molar-refractivity contribution is -0.385. The first-order valence-corrected chi connectivity index (χ1v) is 9.62. The Morgan fingerprint density at radius 1 is 1.34 bits per heavy atom. The summed E-state index contributed by atoms with van der Waals surface area (Å²) in [5.74, 6) is -3.88. The molecule has 29 heavy (non-hydrogen) atoms. The first kappa shape index (κ1) is 21.1. The molecule has 3 atom stereocenters. The van der Waals surface area contributed by atoms with Gasteiger partial charge >= 0.3 is 5.97 Å². The molecule has 0 aromatic heterocycles. The van der Waals surface area contributed by atoms with Crippen LogP contribution in [0.4, 0.5) is 5.69 Å². The monoisotopic (exact) mass is 441 g/mol. The zero-order valence-corrected chi connectivity index (χ0v) is 17.0. The summed E-state index contributed by atoms with van der Waals surface area (Å²) in [4.78, 5) is 61.4. The van der Waals surface area contributed by atoms with Gasteiger partial charge in [0.25, 0.3) is 17.5 Å². The van der Waals surface area contributed by atoms with Gasteiger partial charge in [0.15, 0.2) is 5.78 Å². The summed E-state index contributed by atoms with van der Waals surface area (Å²) in [6.45, 7) is 4.33. The fourth-order valence-corrected chi connectivity index (χ4v) is 5.73. The van der Waals surface area contributed by atoms with Gasteiger partial charge in [0, 0.05) is 10.8 Å². The number of rotatable bonds is 5. The van der Waals surface area contributed by atoms with E-state index in [-0.39, 0.29) is 5.02 Å². The van der Waals surface area contributed by atoms with Gasteiger partial charge < -0.3 is 15.3 Å². The summed E-state index contributed by atoms with van der Waals surface area (Å²) in [7, 11) is 0. The van der Waals surface area contributed by atoms with Crippen LogP contribution in [0.25, 0.3) is 0 Å². The number of nitrogens with one attached hydrogen (secondary N) is 1. The molecule has 154 valence electrons. The van der Waals surface area contributed by atoms with Crippen LogP contribution in [0.15, 0.2) is 18.2 Å². The van der Waals surface area contributed by atoms with Crippen molar-refractivity contribution >= 4 is 52.6 Å². The smallest absolute Gasteiger partial charge is 0.327 e. The van der Waals surface area contributed by atoms with E-state index < -0.39 is 61.4 Å². The van der Waals surface area contributed by atoms with Crippen molar-refractivity contribution in [1.29, 1.82) is 0 Å². The molecule has 1 aromatic rings. The molecule has 3 rings (SSSR count). The molecule has 2 aliphatic rings. The van der Waals surface area contributed by atoms with E-state index >= 15 is 0 Å². The highest BCUT2D eigenvalue weighted by Crippen LogP contribution is 2.55. The number of carbonyl (C=O) groups is 4. The topological polar surface area (TPSA) is 147 Å². The fraction of sp³-hybridized carbons (Fsp3) is 0.412. The second-order valence-corrected chi connectivity index (χ2v) is 9.38. The molecular weight excluding hydrogens is 426 g/mol. The van der Waals surface area contributed by atoms with E-state index in [9.17, 15) is 34.4 Å². The number of thioether (sulfide) groups is 1. The van der Waals surface area contributed by atoms with Gasteiger partial charge in [0.05, 0.1) is 9.95 Å². The molecule has 1 aromatic carbocycles. The molecule has 12 heteroatoms. The first-order valence-electron chi connectivity index (χ1n) is 8.36. The minimum atomic E-state index is -2.03. The molecule has 0 radical (unpaired) electrons. The largest absolute Gasteiger partial charge is 0.480 e. The number of hydrogen-bond donors (Lipinski definition) is 2. The number of benzene rings is 1. The van der Waals surface area contributed by atoms with Gasteiger partial charge in [-0.3, -0.25) is 24.5 Å². The van der Waals surface area contributed by atoms with Gasteiger partial charge in [-0.15, -0.1) is 11.8 Å². The van der Waals surface area contributed by atoms with E-state index in [1.54, 1.807) is 13.8 Å². The standard InChI is InChI=1S/C17H16ClN3O7S/c1-7(22)17(14(26)20-11(13(24)25)16(2,3)29-15(17)20)19-12(23)10-8(18)5-4-6-9(10)21(27)28/h4-6,11,15H,1-3H3,(H,19,23)(H,24,25)/t11-,15+,17-/m0/s1. The first-order chi connectivity index (χ1) is 13.4. The number of fused-ring (bicyclic) bond motifs is 1. The van der Waals surface area contributed by atoms with E-state index in [0.717, 1.165) is 29.7 Å². The van der Waals surface area contributed by atoms with Gasteiger partial charge in [-0.2, -0.15) is 0 Å². The Morgan fingerprint density at radius 2 is 1.97 bits per heavy atom. The van der Waals surface area contributed by atoms with Crippen molar-refractivity contribution in [2.75, 3.05) is 0 Å². The Morgan fingerprint density at radius 3 is 2.48 bits per heavy atom. The van der Waals surface area contributed by atoms with Crippen LogP contribution in [0.3, 0.4) is 0 Å². The molecular formula is C17H16ClN3O7S. The summed E-state index contributed by atoms with van der Waals surface area (Å²) >= 11 is 7.03. The molecule has 0 aliphatic carbocycles. The molecule has 0 saturated carbocycles. The van der Waals surface area contributed by atoms with Crippen molar-refractivity contribution in [3.05, 3.63) is 38.9 Å². The van der Waals surface area contributed by atoms with E-state index in [2.05, 4.69) is 5.32 Å². The molecule has 2 aliphatic heterocycles. The van der Waals surface area contributed by atoms with Crippen LogP contribution >= 0.6 is 23.4 Å². The van der Waals surface area contributed by atoms with Gasteiger partial charge in [0.1, 0.15) is 17.0 Å². The van der Waals surface area contributed by atoms with E-state index in [1.165, 1.54) is 12.1 Å². The fourth-order valence-electron chi connectivity index (χ4n) is 3.72. The second-order valence-electron chi connectivity index (χ2n) is 7.24. The number of aliphatic carboxylic acids is 1. The van der Waals surface area contributed by atoms with Crippen LogP contribution in [-0.2, 0) is 14.4 Å². The zero-order chi connectivity index (χ0) is 21.9. The third kappa shape index (κ3) is 2.87. The normalized spacial score (nSPS) is 27.0. The van der Waals surface area contributed by atoms with Gasteiger partial charge in [-0.1, -0.05) is 17.7 Å². The van der Waals surface area contributed by atoms with Crippen molar-refractivity contribution in [3.8, 4) is 0 Å². The van der Waals surface area contributed by atoms with Crippen LogP contribution in [-0.4, -0.2) is 60.2 Å². The number of carboxylic acid groups (broad SMARTS) is 1. The Balaban J connectivity index is 2.03. The quantitative estimate of drug-likeness (QED) is 0.302. The van der Waals surface area contributed by atoms with Crippen molar-refractivity contribution in [2.45, 2.75) is 42.5 Å². The molecule has 2 saturated heterocycles. The molecule has 0 spiro atoms. The van der Waals surface area contributed by atoms with E-state index in [4.69, 9.17) is 11.6 Å². The number of β-lactam (4-membered cyclic amide) rings is 1. The summed E-state index contributed by atoms with van der Waals surface area (Å²) in [5.41, 5.74) is -3.10. The number of carbonyl (C=O) groups excluding carboxylic acids is 3. The number of nitrogens with zero attached hydrogens (tertiary/aromatic N) is 2. The maximum absolute atomic E-state index is 12.9. The Hall–Kier alpha value is -2.66. The average Bonchev–Trinajstić information content (AvgIpc) is 2.87. The second kappa shape index (κ2) is 6.70. The highest BCUT2D eigenvalue weighted by atomic mass is 35.5. The van der Waals surface area contributed by atoms with Crippen LogP contribution in [0.2, 0.25) is 5.02 Å². The minimum absolute atomic E-state index is 0.221. The molecule has 2 amide bonds. The molecule has 0 unspecified atom stereocenters. The number of nitro groups is 1. The SMILES string of the molecule is CC(=O)[C@]1(NC(=O)c2c(Cl)cccc2[N+](=O)[O-])C(=O)N2[C@@H](C(=O)O)C(C)(C)S[C@@H]21. The maximum atomic E-state index is 12.9. The van der Waals surface area contributed by atoms with E-state index in [0.29, 0.717) is 0 Å². The predicted octanol–water partition coefficient (Wildman–Crippen LogP) is 1.45. The van der Waals surface area contributed by atoms with Crippen molar-refractivity contribution in [3.63, 3.8) is 0 Å². The van der Waals surface area contributed by atoms with Crippen molar-refractivity contribution < 1.29 is 29.2 Å². The van der Waals surface area contributed by atoms with Crippen LogP contribution in [0.1, 0.15) is 31.1 Å². The number of ketones is 1. The number of Topliss-reactive ketones (excluding diaryl/α,β-unsaturated/α-hetero) is 1. The predicted molar refractivity (Wildman–Crippen MR) is 103 cm³/mol. The number of nitro benzene ring substituents is 1.